The van der Waals surface area contributed by atoms with Crippen molar-refractivity contribution in [3.05, 3.63) is 59.3 Å². The number of rotatable bonds is 6. The summed E-state index contributed by atoms with van der Waals surface area (Å²) in [6, 6.07) is 12.6. The lowest BCUT2D eigenvalue weighted by atomic mass is 10.1. The van der Waals surface area contributed by atoms with Gasteiger partial charge in [0, 0.05) is 0 Å². The van der Waals surface area contributed by atoms with Gasteiger partial charge in [-0.15, -0.1) is 0 Å². The number of carbonyl (C=O) groups excluding carboxylic acids is 1. The van der Waals surface area contributed by atoms with E-state index in [2.05, 4.69) is 4.99 Å². The Kier molecular flexibility index (Phi) is 5.22. The molecule has 1 heterocycles. The zero-order valence-electron chi connectivity index (χ0n) is 14.8. The molecule has 0 radical (unpaired) electrons. The lowest BCUT2D eigenvalue weighted by Gasteiger charge is -2.09. The number of hydrogen-bond acceptors (Lipinski definition) is 6. The van der Waals surface area contributed by atoms with Crippen molar-refractivity contribution in [1.82, 2.24) is 0 Å². The van der Waals surface area contributed by atoms with E-state index in [-0.39, 0.29) is 11.6 Å². The maximum Gasteiger partial charge on any atom is 0.363 e. The van der Waals surface area contributed by atoms with E-state index in [1.54, 1.807) is 44.6 Å². The summed E-state index contributed by atoms with van der Waals surface area (Å²) in [6.07, 6.45) is 1.64. The number of ether oxygens (including phenoxy) is 4. The summed E-state index contributed by atoms with van der Waals surface area (Å²) >= 11 is 0. The second-order valence-corrected chi connectivity index (χ2v) is 5.38. The fourth-order valence-corrected chi connectivity index (χ4v) is 2.55. The van der Waals surface area contributed by atoms with Gasteiger partial charge in [0.2, 0.25) is 5.90 Å². The third-order valence-corrected chi connectivity index (χ3v) is 3.75. The monoisotopic (exact) mass is 353 g/mol. The SMILES string of the molecule is CCOc1ccc(/C=C2\N=C(c3ccccc3OC)OC2=O)cc1OC. The van der Waals surface area contributed by atoms with Gasteiger partial charge in [-0.3, -0.25) is 0 Å². The number of benzene rings is 2. The van der Waals surface area contributed by atoms with Crippen LogP contribution in [0.25, 0.3) is 6.08 Å². The first-order valence-corrected chi connectivity index (χ1v) is 8.13. The Morgan fingerprint density at radius 1 is 1.04 bits per heavy atom. The average molecular weight is 353 g/mol. The first-order valence-electron chi connectivity index (χ1n) is 8.13. The van der Waals surface area contributed by atoms with Gasteiger partial charge in [0.05, 0.1) is 26.4 Å². The number of nitrogens with zero attached hydrogens (tertiary/aromatic N) is 1. The summed E-state index contributed by atoms with van der Waals surface area (Å²) in [5.41, 5.74) is 1.58. The predicted octanol–water partition coefficient (Wildman–Crippen LogP) is 3.45. The highest BCUT2D eigenvalue weighted by molar-refractivity contribution is 6.13. The number of esters is 1. The zero-order chi connectivity index (χ0) is 18.5. The molecule has 0 aliphatic carbocycles. The number of aliphatic imine (C=N–C) groups is 1. The van der Waals surface area contributed by atoms with E-state index in [0.29, 0.717) is 29.4 Å². The maximum absolute atomic E-state index is 12.2. The minimum atomic E-state index is -0.515. The molecule has 2 aromatic rings. The van der Waals surface area contributed by atoms with E-state index >= 15 is 0 Å². The summed E-state index contributed by atoms with van der Waals surface area (Å²) < 4.78 is 21.4. The molecule has 0 atom stereocenters. The van der Waals surface area contributed by atoms with Crippen molar-refractivity contribution < 1.29 is 23.7 Å². The Labute approximate surface area is 151 Å². The largest absolute Gasteiger partial charge is 0.496 e. The molecule has 6 nitrogen and oxygen atoms in total. The van der Waals surface area contributed by atoms with Crippen LogP contribution in [-0.2, 0) is 9.53 Å². The van der Waals surface area contributed by atoms with Crippen LogP contribution in [0.4, 0.5) is 0 Å². The van der Waals surface area contributed by atoms with Gasteiger partial charge in [0.1, 0.15) is 5.75 Å². The normalized spacial score (nSPS) is 14.8. The number of cyclic esters (lactones) is 1. The Morgan fingerprint density at radius 2 is 1.81 bits per heavy atom. The van der Waals surface area contributed by atoms with E-state index in [9.17, 15) is 4.79 Å². The topological polar surface area (TPSA) is 66.3 Å². The lowest BCUT2D eigenvalue weighted by Crippen LogP contribution is -2.06. The van der Waals surface area contributed by atoms with Gasteiger partial charge in [0.15, 0.2) is 17.2 Å². The highest BCUT2D eigenvalue weighted by Gasteiger charge is 2.26. The van der Waals surface area contributed by atoms with Crippen molar-refractivity contribution in [3.63, 3.8) is 0 Å². The summed E-state index contributed by atoms with van der Waals surface area (Å²) in [5, 5.41) is 0. The zero-order valence-corrected chi connectivity index (χ0v) is 14.8. The molecule has 0 spiro atoms. The summed E-state index contributed by atoms with van der Waals surface area (Å²) in [4.78, 5) is 16.5. The van der Waals surface area contributed by atoms with Gasteiger partial charge < -0.3 is 18.9 Å². The van der Waals surface area contributed by atoms with Gasteiger partial charge in [-0.05, 0) is 42.8 Å². The first kappa shape index (κ1) is 17.5. The summed E-state index contributed by atoms with van der Waals surface area (Å²) in [5.74, 6) is 1.52. The first-order chi connectivity index (χ1) is 12.7. The van der Waals surface area contributed by atoms with Gasteiger partial charge in [0.25, 0.3) is 0 Å². The predicted molar refractivity (Wildman–Crippen MR) is 97.8 cm³/mol. The van der Waals surface area contributed by atoms with Crippen molar-refractivity contribution >= 4 is 17.9 Å². The van der Waals surface area contributed by atoms with Crippen LogP contribution < -0.4 is 14.2 Å². The molecular weight excluding hydrogens is 334 g/mol. The maximum atomic E-state index is 12.2. The molecule has 0 saturated heterocycles. The fraction of sp³-hybridized carbons (Fsp3) is 0.200. The molecule has 0 bridgehead atoms. The van der Waals surface area contributed by atoms with E-state index in [1.165, 1.54) is 0 Å². The molecule has 0 N–H and O–H groups in total. The van der Waals surface area contributed by atoms with Crippen LogP contribution in [-0.4, -0.2) is 32.7 Å². The fourth-order valence-electron chi connectivity index (χ4n) is 2.55. The molecule has 6 heteroatoms. The molecule has 134 valence electrons. The van der Waals surface area contributed by atoms with Crippen LogP contribution in [0.3, 0.4) is 0 Å². The Hall–Kier alpha value is -3.28. The van der Waals surface area contributed by atoms with E-state index in [4.69, 9.17) is 18.9 Å². The molecule has 0 saturated carbocycles. The minimum absolute atomic E-state index is 0.206. The van der Waals surface area contributed by atoms with Crippen LogP contribution in [0.1, 0.15) is 18.1 Å². The van der Waals surface area contributed by atoms with Crippen LogP contribution in [0.15, 0.2) is 53.2 Å². The lowest BCUT2D eigenvalue weighted by molar-refractivity contribution is -0.129. The van der Waals surface area contributed by atoms with Crippen LogP contribution in [0.2, 0.25) is 0 Å². The molecule has 0 aromatic heterocycles. The van der Waals surface area contributed by atoms with Crippen molar-refractivity contribution in [2.75, 3.05) is 20.8 Å². The van der Waals surface area contributed by atoms with E-state index in [1.807, 2.05) is 25.1 Å². The highest BCUT2D eigenvalue weighted by atomic mass is 16.6. The van der Waals surface area contributed by atoms with Gasteiger partial charge in [-0.25, -0.2) is 9.79 Å². The molecule has 3 rings (SSSR count). The quantitative estimate of drug-likeness (QED) is 0.588. The van der Waals surface area contributed by atoms with Crippen molar-refractivity contribution in [2.45, 2.75) is 6.92 Å². The molecule has 0 unspecified atom stereocenters. The molecular formula is C20H19NO5. The van der Waals surface area contributed by atoms with Crippen molar-refractivity contribution in [1.29, 1.82) is 0 Å². The van der Waals surface area contributed by atoms with Crippen molar-refractivity contribution in [3.8, 4) is 17.2 Å². The molecule has 26 heavy (non-hydrogen) atoms. The molecule has 1 aliphatic rings. The smallest absolute Gasteiger partial charge is 0.363 e. The Morgan fingerprint density at radius 3 is 2.54 bits per heavy atom. The minimum Gasteiger partial charge on any atom is -0.496 e. The van der Waals surface area contributed by atoms with E-state index < -0.39 is 5.97 Å². The number of para-hydroxylation sites is 1. The number of methoxy groups -OCH3 is 2. The van der Waals surface area contributed by atoms with Gasteiger partial charge in [-0.2, -0.15) is 0 Å². The Balaban J connectivity index is 1.94. The molecule has 2 aromatic carbocycles. The van der Waals surface area contributed by atoms with E-state index in [0.717, 1.165) is 5.56 Å². The average Bonchev–Trinajstić information content (AvgIpc) is 3.03. The third-order valence-electron chi connectivity index (χ3n) is 3.75. The Bertz CT molecular complexity index is 886. The number of hydrogen-bond donors (Lipinski definition) is 0. The summed E-state index contributed by atoms with van der Waals surface area (Å²) in [7, 11) is 3.12. The van der Waals surface area contributed by atoms with Gasteiger partial charge in [-0.1, -0.05) is 18.2 Å². The second kappa shape index (κ2) is 7.74. The standard InChI is InChI=1S/C20H19NO5/c1-4-25-17-10-9-13(12-18(17)24-3)11-15-20(22)26-19(21-15)14-7-5-6-8-16(14)23-2/h5-12H,4H2,1-3H3/b15-11-. The molecule has 1 aliphatic heterocycles. The molecule has 0 amide bonds. The number of carbonyl (C=O) groups is 1. The highest BCUT2D eigenvalue weighted by Crippen LogP contribution is 2.30. The van der Waals surface area contributed by atoms with Crippen LogP contribution in [0.5, 0.6) is 17.2 Å². The molecule has 0 fully saturated rings. The third kappa shape index (κ3) is 3.54. The van der Waals surface area contributed by atoms with Crippen LogP contribution >= 0.6 is 0 Å². The van der Waals surface area contributed by atoms with Crippen molar-refractivity contribution in [2.24, 2.45) is 4.99 Å². The second-order valence-electron chi connectivity index (χ2n) is 5.38. The van der Waals surface area contributed by atoms with Crippen LogP contribution in [0, 0.1) is 0 Å². The summed E-state index contributed by atoms with van der Waals surface area (Å²) in [6.45, 7) is 2.44. The van der Waals surface area contributed by atoms with Gasteiger partial charge >= 0.3 is 5.97 Å².